The number of amides is 1. The molecule has 162 valence electrons. The SMILES string of the molecule is CN(C)C(=O)CN=C(NCCCc1ccccc1)NC1CCOc2ccccc21.I. The number of rotatable bonds is 7. The summed E-state index contributed by atoms with van der Waals surface area (Å²) < 4.78 is 5.75. The highest BCUT2D eigenvalue weighted by Crippen LogP contribution is 2.31. The van der Waals surface area contributed by atoms with E-state index in [1.807, 2.05) is 24.3 Å². The standard InChI is InChI=1S/C23H30N4O2.HI/c1-27(2)22(28)17-25-23(24-15-8-11-18-9-4-3-5-10-18)26-20-14-16-29-21-13-7-6-12-19(20)21;/h3-7,9-10,12-13,20H,8,11,14-17H2,1-2H3,(H2,24,25,26);1H. The van der Waals surface area contributed by atoms with Gasteiger partial charge in [0.2, 0.25) is 5.91 Å². The Morgan fingerprint density at radius 1 is 1.13 bits per heavy atom. The first-order valence-corrected chi connectivity index (χ1v) is 10.1. The van der Waals surface area contributed by atoms with Crippen molar-refractivity contribution < 1.29 is 9.53 Å². The summed E-state index contributed by atoms with van der Waals surface area (Å²) in [5, 5.41) is 6.88. The van der Waals surface area contributed by atoms with Crippen molar-refractivity contribution in [1.82, 2.24) is 15.5 Å². The highest BCUT2D eigenvalue weighted by atomic mass is 127. The van der Waals surface area contributed by atoms with Crippen LogP contribution >= 0.6 is 24.0 Å². The number of para-hydroxylation sites is 1. The van der Waals surface area contributed by atoms with Crippen LogP contribution < -0.4 is 15.4 Å². The average molecular weight is 522 g/mol. The van der Waals surface area contributed by atoms with E-state index in [4.69, 9.17) is 4.74 Å². The number of guanidine groups is 1. The van der Waals surface area contributed by atoms with Crippen LogP contribution in [0.4, 0.5) is 0 Å². The lowest BCUT2D eigenvalue weighted by atomic mass is 10.0. The van der Waals surface area contributed by atoms with Gasteiger partial charge in [-0.15, -0.1) is 24.0 Å². The van der Waals surface area contributed by atoms with Crippen LogP contribution in [0.25, 0.3) is 0 Å². The summed E-state index contributed by atoms with van der Waals surface area (Å²) in [7, 11) is 3.49. The number of nitrogens with zero attached hydrogens (tertiary/aromatic N) is 2. The van der Waals surface area contributed by atoms with E-state index in [1.54, 1.807) is 19.0 Å². The molecule has 0 fully saturated rings. The van der Waals surface area contributed by atoms with Gasteiger partial charge in [-0.05, 0) is 24.5 Å². The number of aryl methyl sites for hydroxylation is 1. The number of nitrogens with one attached hydrogen (secondary N) is 2. The lowest BCUT2D eigenvalue weighted by molar-refractivity contribution is -0.127. The van der Waals surface area contributed by atoms with Crippen LogP contribution in [0.1, 0.15) is 30.0 Å². The quantitative estimate of drug-likeness (QED) is 0.253. The van der Waals surface area contributed by atoms with Crippen molar-refractivity contribution in [2.75, 3.05) is 33.8 Å². The Bertz CT molecular complexity index is 827. The molecular formula is C23H31IN4O2. The molecule has 0 bridgehead atoms. The Morgan fingerprint density at radius 2 is 1.87 bits per heavy atom. The number of hydrogen-bond acceptors (Lipinski definition) is 3. The first-order valence-electron chi connectivity index (χ1n) is 10.1. The zero-order valence-electron chi connectivity index (χ0n) is 17.6. The van der Waals surface area contributed by atoms with Crippen LogP contribution in [0.3, 0.4) is 0 Å². The fraction of sp³-hybridized carbons (Fsp3) is 0.391. The minimum atomic E-state index is -0.0252. The van der Waals surface area contributed by atoms with Crippen molar-refractivity contribution in [3.63, 3.8) is 0 Å². The fourth-order valence-corrected chi connectivity index (χ4v) is 3.24. The molecule has 1 aliphatic rings. The Kier molecular flexibility index (Phi) is 9.93. The highest BCUT2D eigenvalue weighted by Gasteiger charge is 2.22. The number of hydrogen-bond donors (Lipinski definition) is 2. The van der Waals surface area contributed by atoms with Crippen LogP contribution in [0.5, 0.6) is 5.75 Å². The van der Waals surface area contributed by atoms with Crippen molar-refractivity contribution in [2.24, 2.45) is 4.99 Å². The van der Waals surface area contributed by atoms with Crippen LogP contribution in [0, 0.1) is 0 Å². The van der Waals surface area contributed by atoms with Gasteiger partial charge in [0, 0.05) is 32.6 Å². The zero-order chi connectivity index (χ0) is 20.5. The van der Waals surface area contributed by atoms with Crippen LogP contribution in [-0.4, -0.2) is 50.6 Å². The van der Waals surface area contributed by atoms with Gasteiger partial charge in [0.05, 0.1) is 12.6 Å². The molecule has 1 unspecified atom stereocenters. The molecule has 0 aliphatic carbocycles. The number of halogens is 1. The van der Waals surface area contributed by atoms with E-state index in [0.29, 0.717) is 12.6 Å². The van der Waals surface area contributed by atoms with Gasteiger partial charge in [-0.3, -0.25) is 4.79 Å². The average Bonchev–Trinajstić information content (AvgIpc) is 2.75. The maximum absolute atomic E-state index is 12.0. The van der Waals surface area contributed by atoms with Crippen LogP contribution in [-0.2, 0) is 11.2 Å². The molecule has 2 N–H and O–H groups in total. The van der Waals surface area contributed by atoms with Gasteiger partial charge in [0.15, 0.2) is 5.96 Å². The number of ether oxygens (including phenoxy) is 1. The van der Waals surface area contributed by atoms with E-state index < -0.39 is 0 Å². The molecule has 7 heteroatoms. The smallest absolute Gasteiger partial charge is 0.243 e. The van der Waals surface area contributed by atoms with E-state index in [0.717, 1.165) is 37.1 Å². The van der Waals surface area contributed by atoms with Gasteiger partial charge in [-0.25, -0.2) is 4.99 Å². The van der Waals surface area contributed by atoms with Gasteiger partial charge in [0.1, 0.15) is 12.3 Å². The molecule has 1 atom stereocenters. The van der Waals surface area contributed by atoms with Crippen LogP contribution in [0.2, 0.25) is 0 Å². The largest absolute Gasteiger partial charge is 0.493 e. The van der Waals surface area contributed by atoms with Gasteiger partial charge in [-0.2, -0.15) is 0 Å². The van der Waals surface area contributed by atoms with E-state index in [2.05, 4.69) is 46.0 Å². The first kappa shape index (κ1) is 24.0. The highest BCUT2D eigenvalue weighted by molar-refractivity contribution is 14.0. The maximum Gasteiger partial charge on any atom is 0.243 e. The second kappa shape index (κ2) is 12.4. The maximum atomic E-state index is 12.0. The van der Waals surface area contributed by atoms with Gasteiger partial charge in [0.25, 0.3) is 0 Å². The monoisotopic (exact) mass is 522 g/mol. The normalized spacial score (nSPS) is 15.3. The number of carbonyl (C=O) groups excluding carboxylic acids is 1. The topological polar surface area (TPSA) is 66.0 Å². The Balaban J connectivity index is 0.00000320. The number of fused-ring (bicyclic) bond motifs is 1. The molecule has 1 aliphatic heterocycles. The Labute approximate surface area is 196 Å². The van der Waals surface area contributed by atoms with Crippen molar-refractivity contribution >= 4 is 35.8 Å². The predicted molar refractivity (Wildman–Crippen MR) is 132 cm³/mol. The molecule has 3 rings (SSSR count). The molecule has 0 aromatic heterocycles. The number of carbonyl (C=O) groups is 1. The molecule has 2 aromatic carbocycles. The van der Waals surface area contributed by atoms with E-state index in [1.165, 1.54) is 5.56 Å². The molecule has 2 aromatic rings. The molecule has 1 heterocycles. The third kappa shape index (κ3) is 7.19. The summed E-state index contributed by atoms with van der Waals surface area (Å²) in [6, 6.07) is 18.6. The minimum absolute atomic E-state index is 0. The third-order valence-corrected chi connectivity index (χ3v) is 4.92. The predicted octanol–water partition coefficient (Wildman–Crippen LogP) is 3.38. The van der Waals surface area contributed by atoms with Crippen molar-refractivity contribution in [2.45, 2.75) is 25.3 Å². The van der Waals surface area contributed by atoms with Gasteiger partial charge >= 0.3 is 0 Å². The zero-order valence-corrected chi connectivity index (χ0v) is 20.0. The summed E-state index contributed by atoms with van der Waals surface area (Å²) in [4.78, 5) is 18.1. The second-order valence-electron chi connectivity index (χ2n) is 7.34. The fourth-order valence-electron chi connectivity index (χ4n) is 3.24. The van der Waals surface area contributed by atoms with E-state index >= 15 is 0 Å². The molecule has 6 nitrogen and oxygen atoms in total. The summed E-state index contributed by atoms with van der Waals surface area (Å²) in [5.41, 5.74) is 2.44. The minimum Gasteiger partial charge on any atom is -0.493 e. The molecule has 0 spiro atoms. The van der Waals surface area contributed by atoms with E-state index in [-0.39, 0.29) is 42.5 Å². The van der Waals surface area contributed by atoms with Crippen molar-refractivity contribution in [1.29, 1.82) is 0 Å². The molecule has 30 heavy (non-hydrogen) atoms. The molecule has 0 saturated heterocycles. The summed E-state index contributed by atoms with van der Waals surface area (Å²) >= 11 is 0. The molecular weight excluding hydrogens is 491 g/mol. The number of likely N-dealkylation sites (N-methyl/N-ethyl adjacent to an activating group) is 1. The van der Waals surface area contributed by atoms with Crippen molar-refractivity contribution in [3.05, 3.63) is 65.7 Å². The summed E-state index contributed by atoms with van der Waals surface area (Å²) in [5.74, 6) is 1.54. The Morgan fingerprint density at radius 3 is 2.63 bits per heavy atom. The second-order valence-corrected chi connectivity index (χ2v) is 7.34. The lowest BCUT2D eigenvalue weighted by Gasteiger charge is -2.28. The van der Waals surface area contributed by atoms with Crippen LogP contribution in [0.15, 0.2) is 59.6 Å². The third-order valence-electron chi connectivity index (χ3n) is 4.92. The number of aliphatic imine (C=N–C) groups is 1. The first-order chi connectivity index (χ1) is 14.1. The Hall–Kier alpha value is -2.29. The summed E-state index contributed by atoms with van der Waals surface area (Å²) in [6.45, 7) is 1.56. The van der Waals surface area contributed by atoms with E-state index in [9.17, 15) is 4.79 Å². The number of benzene rings is 2. The van der Waals surface area contributed by atoms with Gasteiger partial charge in [-0.1, -0.05) is 48.5 Å². The van der Waals surface area contributed by atoms with Crippen molar-refractivity contribution in [3.8, 4) is 5.75 Å². The molecule has 0 saturated carbocycles. The molecule has 0 radical (unpaired) electrons. The van der Waals surface area contributed by atoms with Gasteiger partial charge < -0.3 is 20.3 Å². The lowest BCUT2D eigenvalue weighted by Crippen LogP contribution is -2.42. The summed E-state index contributed by atoms with van der Waals surface area (Å²) in [6.07, 6.45) is 2.83. The molecule has 1 amide bonds.